The first-order chi connectivity index (χ1) is 9.13. The Bertz CT molecular complexity index is 606. The highest BCUT2D eigenvalue weighted by Gasteiger charge is 1.98. The summed E-state index contributed by atoms with van der Waals surface area (Å²) in [6.45, 7) is 1.85. The molecule has 0 aliphatic carbocycles. The molecule has 0 fully saturated rings. The van der Waals surface area contributed by atoms with Gasteiger partial charge in [0.15, 0.2) is 0 Å². The minimum atomic E-state index is -0.297. The molecule has 1 aromatic carbocycles. The summed E-state index contributed by atoms with van der Waals surface area (Å²) in [5.41, 5.74) is 2.30. The van der Waals surface area contributed by atoms with Crippen LogP contribution < -0.4 is 5.32 Å². The van der Waals surface area contributed by atoms with E-state index in [9.17, 15) is 9.18 Å². The monoisotopic (exact) mass is 256 g/mol. The lowest BCUT2D eigenvalue weighted by Gasteiger charge is -2.02. The van der Waals surface area contributed by atoms with E-state index in [0.717, 1.165) is 11.3 Å². The van der Waals surface area contributed by atoms with E-state index in [1.165, 1.54) is 18.2 Å². The predicted octanol–water partition coefficient (Wildman–Crippen LogP) is 3.18. The Hall–Kier alpha value is -2.49. The molecule has 0 aliphatic rings. The Labute approximate surface area is 110 Å². The molecule has 0 saturated carbocycles. The first-order valence-corrected chi connectivity index (χ1v) is 5.81. The minimum absolute atomic E-state index is 0.241. The Balaban J connectivity index is 1.99. The maximum absolute atomic E-state index is 12.7. The average molecular weight is 256 g/mol. The van der Waals surface area contributed by atoms with Crippen LogP contribution >= 0.6 is 0 Å². The number of aryl methyl sites for hydroxylation is 1. The van der Waals surface area contributed by atoms with Crippen LogP contribution in [0.15, 0.2) is 48.7 Å². The minimum Gasteiger partial charge on any atom is -0.322 e. The summed E-state index contributed by atoms with van der Waals surface area (Å²) in [6, 6.07) is 9.42. The fourth-order valence-corrected chi connectivity index (χ4v) is 1.55. The Kier molecular flexibility index (Phi) is 4.03. The van der Waals surface area contributed by atoms with Gasteiger partial charge in [-0.1, -0.05) is 12.1 Å². The van der Waals surface area contributed by atoms with Gasteiger partial charge in [0, 0.05) is 23.7 Å². The number of carbonyl (C=O) groups excluding carboxylic acids is 1. The average Bonchev–Trinajstić information content (AvgIpc) is 2.38. The van der Waals surface area contributed by atoms with Crippen LogP contribution in [0.1, 0.15) is 11.3 Å². The molecule has 1 aromatic heterocycles. The molecule has 2 aromatic rings. The second-order valence-corrected chi connectivity index (χ2v) is 4.06. The maximum atomic E-state index is 12.7. The quantitative estimate of drug-likeness (QED) is 0.857. The second-order valence-electron chi connectivity index (χ2n) is 4.06. The first-order valence-electron chi connectivity index (χ1n) is 5.81. The van der Waals surface area contributed by atoms with Crippen LogP contribution in [0.5, 0.6) is 0 Å². The van der Waals surface area contributed by atoms with Crippen LogP contribution in [0.25, 0.3) is 6.08 Å². The summed E-state index contributed by atoms with van der Waals surface area (Å²) < 4.78 is 12.7. The van der Waals surface area contributed by atoms with Crippen LogP contribution in [0, 0.1) is 12.7 Å². The van der Waals surface area contributed by atoms with Crippen molar-refractivity contribution in [2.45, 2.75) is 6.92 Å². The normalized spacial score (nSPS) is 10.6. The molecule has 3 nitrogen and oxygen atoms in total. The summed E-state index contributed by atoms with van der Waals surface area (Å²) in [6.07, 6.45) is 4.67. The van der Waals surface area contributed by atoms with E-state index in [1.54, 1.807) is 36.5 Å². The molecule has 0 saturated heterocycles. The Morgan fingerprint density at radius 2 is 2.00 bits per heavy atom. The van der Waals surface area contributed by atoms with Crippen molar-refractivity contribution in [3.63, 3.8) is 0 Å². The summed E-state index contributed by atoms with van der Waals surface area (Å²) in [5.74, 6) is -0.538. The van der Waals surface area contributed by atoms with Gasteiger partial charge in [-0.2, -0.15) is 0 Å². The van der Waals surface area contributed by atoms with Gasteiger partial charge in [0.1, 0.15) is 5.82 Å². The number of amides is 1. The zero-order chi connectivity index (χ0) is 13.7. The predicted molar refractivity (Wildman–Crippen MR) is 73.0 cm³/mol. The highest BCUT2D eigenvalue weighted by atomic mass is 19.1. The summed E-state index contributed by atoms with van der Waals surface area (Å²) >= 11 is 0. The smallest absolute Gasteiger partial charge is 0.248 e. The van der Waals surface area contributed by atoms with E-state index in [1.807, 2.05) is 6.92 Å². The molecule has 0 spiro atoms. The number of hydrogen-bond acceptors (Lipinski definition) is 2. The zero-order valence-electron chi connectivity index (χ0n) is 10.4. The van der Waals surface area contributed by atoms with Gasteiger partial charge in [-0.25, -0.2) is 4.39 Å². The maximum Gasteiger partial charge on any atom is 0.248 e. The molecule has 0 radical (unpaired) electrons. The standard InChI is InChI=1S/C15H13FN2O/c1-11-10-14(8-9-17-11)18-15(19)7-4-12-2-5-13(16)6-3-12/h2-10H,1H3,(H,17,18,19)/b7-4+. The van der Waals surface area contributed by atoms with Gasteiger partial charge in [0.25, 0.3) is 0 Å². The summed E-state index contributed by atoms with van der Waals surface area (Å²) in [4.78, 5) is 15.7. The lowest BCUT2D eigenvalue weighted by molar-refractivity contribution is -0.111. The van der Waals surface area contributed by atoms with E-state index in [0.29, 0.717) is 5.69 Å². The molecule has 0 atom stereocenters. The van der Waals surface area contributed by atoms with E-state index in [-0.39, 0.29) is 11.7 Å². The number of rotatable bonds is 3. The van der Waals surface area contributed by atoms with Gasteiger partial charge in [-0.3, -0.25) is 9.78 Å². The number of nitrogens with one attached hydrogen (secondary N) is 1. The van der Waals surface area contributed by atoms with Crippen LogP contribution in [0.4, 0.5) is 10.1 Å². The SMILES string of the molecule is Cc1cc(NC(=O)/C=C/c2ccc(F)cc2)ccn1. The fourth-order valence-electron chi connectivity index (χ4n) is 1.55. The van der Waals surface area contributed by atoms with E-state index < -0.39 is 0 Å². The lowest BCUT2D eigenvalue weighted by Crippen LogP contribution is -2.07. The number of aromatic nitrogens is 1. The number of nitrogens with zero attached hydrogens (tertiary/aromatic N) is 1. The highest BCUT2D eigenvalue weighted by Crippen LogP contribution is 2.08. The molecular formula is C15H13FN2O. The van der Waals surface area contributed by atoms with Gasteiger partial charge in [-0.15, -0.1) is 0 Å². The van der Waals surface area contributed by atoms with Crippen LogP contribution in [-0.4, -0.2) is 10.9 Å². The van der Waals surface area contributed by atoms with Gasteiger partial charge >= 0.3 is 0 Å². The number of anilines is 1. The number of carbonyl (C=O) groups is 1. The van der Waals surface area contributed by atoms with Crippen LogP contribution in [0.3, 0.4) is 0 Å². The van der Waals surface area contributed by atoms with Gasteiger partial charge in [-0.05, 0) is 42.8 Å². The van der Waals surface area contributed by atoms with E-state index in [2.05, 4.69) is 10.3 Å². The van der Waals surface area contributed by atoms with Crippen molar-refractivity contribution < 1.29 is 9.18 Å². The van der Waals surface area contributed by atoms with Gasteiger partial charge in [0.2, 0.25) is 5.91 Å². The second kappa shape index (κ2) is 5.91. The lowest BCUT2D eigenvalue weighted by atomic mass is 10.2. The Morgan fingerprint density at radius 1 is 1.26 bits per heavy atom. The highest BCUT2D eigenvalue weighted by molar-refractivity contribution is 6.01. The van der Waals surface area contributed by atoms with Crippen molar-refractivity contribution in [1.82, 2.24) is 4.98 Å². The molecule has 4 heteroatoms. The van der Waals surface area contributed by atoms with Gasteiger partial charge in [0.05, 0.1) is 0 Å². The molecule has 0 unspecified atom stereocenters. The molecular weight excluding hydrogens is 243 g/mol. The van der Waals surface area contributed by atoms with Crippen molar-refractivity contribution in [2.75, 3.05) is 5.32 Å². The Morgan fingerprint density at radius 3 is 2.68 bits per heavy atom. The van der Waals surface area contributed by atoms with Crippen molar-refractivity contribution >= 4 is 17.7 Å². The molecule has 0 bridgehead atoms. The third-order valence-corrected chi connectivity index (χ3v) is 2.46. The molecule has 1 heterocycles. The molecule has 1 N–H and O–H groups in total. The van der Waals surface area contributed by atoms with Crippen molar-refractivity contribution in [3.8, 4) is 0 Å². The van der Waals surface area contributed by atoms with Crippen molar-refractivity contribution in [3.05, 3.63) is 65.7 Å². The number of halogens is 1. The third kappa shape index (κ3) is 4.03. The zero-order valence-corrected chi connectivity index (χ0v) is 10.4. The summed E-state index contributed by atoms with van der Waals surface area (Å²) in [5, 5.41) is 2.72. The molecule has 96 valence electrons. The molecule has 1 amide bonds. The largest absolute Gasteiger partial charge is 0.322 e. The summed E-state index contributed by atoms with van der Waals surface area (Å²) in [7, 11) is 0. The fraction of sp³-hybridized carbons (Fsp3) is 0.0667. The number of hydrogen-bond donors (Lipinski definition) is 1. The number of benzene rings is 1. The third-order valence-electron chi connectivity index (χ3n) is 2.46. The molecule has 2 rings (SSSR count). The number of pyridine rings is 1. The van der Waals surface area contributed by atoms with Crippen molar-refractivity contribution in [2.24, 2.45) is 0 Å². The molecule has 0 aliphatic heterocycles. The van der Waals surface area contributed by atoms with Crippen LogP contribution in [-0.2, 0) is 4.79 Å². The van der Waals surface area contributed by atoms with Gasteiger partial charge < -0.3 is 5.32 Å². The van der Waals surface area contributed by atoms with Crippen molar-refractivity contribution in [1.29, 1.82) is 0 Å². The topological polar surface area (TPSA) is 42.0 Å². The molecule has 19 heavy (non-hydrogen) atoms. The first kappa shape index (κ1) is 13.0. The van der Waals surface area contributed by atoms with E-state index in [4.69, 9.17) is 0 Å². The van der Waals surface area contributed by atoms with E-state index >= 15 is 0 Å². The van der Waals surface area contributed by atoms with Crippen LogP contribution in [0.2, 0.25) is 0 Å².